The van der Waals surface area contributed by atoms with Gasteiger partial charge in [0.25, 0.3) is 5.91 Å². The van der Waals surface area contributed by atoms with Crippen LogP contribution in [0.5, 0.6) is 5.75 Å². The molecule has 0 bridgehead atoms. The minimum atomic E-state index is -0.524. The number of hydrogen-bond donors (Lipinski definition) is 1. The molecule has 112 valence electrons. The maximum Gasteiger partial charge on any atom is 0.263 e. The van der Waals surface area contributed by atoms with E-state index in [0.29, 0.717) is 30.4 Å². The fraction of sp³-hybridized carbons (Fsp3) is 0.533. The molecule has 1 aromatic carbocycles. The van der Waals surface area contributed by atoms with Crippen molar-refractivity contribution in [3.63, 3.8) is 0 Å². The zero-order valence-corrected chi connectivity index (χ0v) is 13.3. The molecule has 1 N–H and O–H groups in total. The molecule has 5 heteroatoms. The number of carbonyl (C=O) groups excluding carboxylic acids is 1. The Morgan fingerprint density at radius 2 is 2.05 bits per heavy atom. The van der Waals surface area contributed by atoms with Crippen LogP contribution in [0.4, 0.5) is 0 Å². The van der Waals surface area contributed by atoms with E-state index in [2.05, 4.69) is 5.32 Å². The highest BCUT2D eigenvalue weighted by Crippen LogP contribution is 2.27. The second-order valence-corrected chi connectivity index (χ2v) is 4.92. The molecular formula is C15H23ClN2O2. The minimum Gasteiger partial charge on any atom is -0.481 e. The maximum absolute atomic E-state index is 12.2. The predicted molar refractivity (Wildman–Crippen MR) is 82.2 cm³/mol. The van der Waals surface area contributed by atoms with E-state index in [0.717, 1.165) is 5.56 Å². The van der Waals surface area contributed by atoms with Gasteiger partial charge in [-0.1, -0.05) is 17.7 Å². The summed E-state index contributed by atoms with van der Waals surface area (Å²) in [6, 6.07) is 5.48. The Hall–Kier alpha value is -1.26. The topological polar surface area (TPSA) is 41.6 Å². The van der Waals surface area contributed by atoms with Gasteiger partial charge in [0.15, 0.2) is 6.10 Å². The molecule has 0 fully saturated rings. The average molecular weight is 299 g/mol. The molecule has 1 amide bonds. The third kappa shape index (κ3) is 4.12. The Morgan fingerprint density at radius 1 is 1.40 bits per heavy atom. The lowest BCUT2D eigenvalue weighted by Gasteiger charge is -2.24. The smallest absolute Gasteiger partial charge is 0.263 e. The fourth-order valence-corrected chi connectivity index (χ4v) is 2.26. The number of hydrogen-bond acceptors (Lipinski definition) is 3. The largest absolute Gasteiger partial charge is 0.481 e. The number of amides is 1. The molecule has 1 aromatic rings. The van der Waals surface area contributed by atoms with E-state index in [1.54, 1.807) is 11.8 Å². The summed E-state index contributed by atoms with van der Waals surface area (Å²) < 4.78 is 5.81. The maximum atomic E-state index is 12.2. The molecule has 0 aliphatic rings. The highest BCUT2D eigenvalue weighted by atomic mass is 35.5. The summed E-state index contributed by atoms with van der Waals surface area (Å²) in [6.45, 7) is 7.65. The molecule has 0 radical (unpaired) electrons. The lowest BCUT2D eigenvalue weighted by atomic mass is 10.2. The van der Waals surface area contributed by atoms with Crippen LogP contribution in [-0.4, -0.2) is 37.0 Å². The third-order valence-electron chi connectivity index (χ3n) is 3.16. The first kappa shape index (κ1) is 16.8. The number of likely N-dealkylation sites (N-methyl/N-ethyl adjacent to an activating group) is 1. The molecule has 20 heavy (non-hydrogen) atoms. The van der Waals surface area contributed by atoms with Crippen molar-refractivity contribution in [2.75, 3.05) is 20.1 Å². The zero-order valence-electron chi connectivity index (χ0n) is 12.6. The van der Waals surface area contributed by atoms with Gasteiger partial charge in [0.1, 0.15) is 5.75 Å². The van der Waals surface area contributed by atoms with Gasteiger partial charge in [0.2, 0.25) is 0 Å². The normalized spacial score (nSPS) is 12.1. The minimum absolute atomic E-state index is 0.00890. The summed E-state index contributed by atoms with van der Waals surface area (Å²) in [5, 5.41) is 3.69. The molecule has 0 saturated carbocycles. The van der Waals surface area contributed by atoms with Gasteiger partial charge >= 0.3 is 0 Å². The van der Waals surface area contributed by atoms with Gasteiger partial charge in [-0.15, -0.1) is 0 Å². The van der Waals surface area contributed by atoms with Crippen LogP contribution in [0.1, 0.15) is 26.3 Å². The standard InChI is InChI=1S/C15H23ClN2O2/c1-5-18(6-2)15(19)11(3)20-14-9-7-8-13(16)12(14)10-17-4/h7-9,11,17H,5-6,10H2,1-4H3. The van der Waals surface area contributed by atoms with Gasteiger partial charge in [-0.25, -0.2) is 0 Å². The van der Waals surface area contributed by atoms with Crippen LogP contribution < -0.4 is 10.1 Å². The van der Waals surface area contributed by atoms with Gasteiger partial charge in [0, 0.05) is 30.2 Å². The monoisotopic (exact) mass is 298 g/mol. The molecule has 0 heterocycles. The van der Waals surface area contributed by atoms with E-state index in [-0.39, 0.29) is 5.91 Å². The van der Waals surface area contributed by atoms with Crippen LogP contribution in [0.15, 0.2) is 18.2 Å². The second kappa shape index (κ2) is 8.12. The summed E-state index contributed by atoms with van der Waals surface area (Å²) in [6.07, 6.45) is -0.524. The number of rotatable bonds is 7. The van der Waals surface area contributed by atoms with Crippen molar-refractivity contribution in [1.29, 1.82) is 0 Å². The number of halogens is 1. The fourth-order valence-electron chi connectivity index (χ4n) is 2.03. The van der Waals surface area contributed by atoms with Gasteiger partial charge < -0.3 is 15.0 Å². The van der Waals surface area contributed by atoms with E-state index in [4.69, 9.17) is 16.3 Å². The lowest BCUT2D eigenvalue weighted by molar-refractivity contribution is -0.137. The molecule has 0 spiro atoms. The highest BCUT2D eigenvalue weighted by molar-refractivity contribution is 6.31. The summed E-state index contributed by atoms with van der Waals surface area (Å²) in [5.41, 5.74) is 0.871. The molecule has 4 nitrogen and oxygen atoms in total. The van der Waals surface area contributed by atoms with E-state index in [1.807, 2.05) is 39.1 Å². The van der Waals surface area contributed by atoms with Crippen LogP contribution >= 0.6 is 11.6 Å². The zero-order chi connectivity index (χ0) is 15.1. The summed E-state index contributed by atoms with van der Waals surface area (Å²) >= 11 is 6.17. The molecule has 1 atom stereocenters. The first-order chi connectivity index (χ1) is 9.54. The second-order valence-electron chi connectivity index (χ2n) is 4.52. The van der Waals surface area contributed by atoms with Crippen LogP contribution in [-0.2, 0) is 11.3 Å². The van der Waals surface area contributed by atoms with Crippen LogP contribution in [0.3, 0.4) is 0 Å². The van der Waals surface area contributed by atoms with Crippen molar-refractivity contribution < 1.29 is 9.53 Å². The Kier molecular flexibility index (Phi) is 6.82. The van der Waals surface area contributed by atoms with E-state index in [1.165, 1.54) is 0 Å². The van der Waals surface area contributed by atoms with Gasteiger partial charge in [-0.2, -0.15) is 0 Å². The summed E-state index contributed by atoms with van der Waals surface area (Å²) in [5.74, 6) is 0.644. The van der Waals surface area contributed by atoms with E-state index in [9.17, 15) is 4.79 Å². The van der Waals surface area contributed by atoms with Crippen molar-refractivity contribution in [2.24, 2.45) is 0 Å². The third-order valence-corrected chi connectivity index (χ3v) is 3.51. The van der Waals surface area contributed by atoms with Crippen molar-refractivity contribution in [3.8, 4) is 5.75 Å². The van der Waals surface area contributed by atoms with Crippen molar-refractivity contribution in [2.45, 2.75) is 33.4 Å². The molecular weight excluding hydrogens is 276 g/mol. The van der Waals surface area contributed by atoms with Gasteiger partial charge in [-0.05, 0) is 40.0 Å². The molecule has 0 saturated heterocycles. The molecule has 0 aliphatic heterocycles. The first-order valence-electron chi connectivity index (χ1n) is 6.92. The number of nitrogens with zero attached hydrogens (tertiary/aromatic N) is 1. The number of benzene rings is 1. The SMILES string of the molecule is CCN(CC)C(=O)C(C)Oc1cccc(Cl)c1CNC. The van der Waals surface area contributed by atoms with E-state index >= 15 is 0 Å². The Labute approximate surface area is 126 Å². The Bertz CT molecular complexity index is 447. The number of carbonyl (C=O) groups is 1. The average Bonchev–Trinajstić information content (AvgIpc) is 2.43. The molecule has 0 aliphatic carbocycles. The van der Waals surface area contributed by atoms with Crippen molar-refractivity contribution in [3.05, 3.63) is 28.8 Å². The van der Waals surface area contributed by atoms with Crippen LogP contribution in [0, 0.1) is 0 Å². The number of nitrogens with one attached hydrogen (secondary N) is 1. The predicted octanol–water partition coefficient (Wildman–Crippen LogP) is 2.70. The van der Waals surface area contributed by atoms with Gasteiger partial charge in [0.05, 0.1) is 0 Å². The lowest BCUT2D eigenvalue weighted by Crippen LogP contribution is -2.40. The van der Waals surface area contributed by atoms with Gasteiger partial charge in [-0.3, -0.25) is 4.79 Å². The molecule has 1 rings (SSSR count). The molecule has 0 aromatic heterocycles. The summed E-state index contributed by atoms with van der Waals surface area (Å²) in [7, 11) is 1.84. The summed E-state index contributed by atoms with van der Waals surface area (Å²) in [4.78, 5) is 14.0. The Morgan fingerprint density at radius 3 is 2.60 bits per heavy atom. The number of ether oxygens (including phenoxy) is 1. The van der Waals surface area contributed by atoms with Crippen molar-refractivity contribution in [1.82, 2.24) is 10.2 Å². The highest BCUT2D eigenvalue weighted by Gasteiger charge is 2.21. The Balaban J connectivity index is 2.87. The quantitative estimate of drug-likeness (QED) is 0.841. The van der Waals surface area contributed by atoms with Crippen molar-refractivity contribution >= 4 is 17.5 Å². The van der Waals surface area contributed by atoms with Crippen LogP contribution in [0.25, 0.3) is 0 Å². The van der Waals surface area contributed by atoms with E-state index < -0.39 is 6.10 Å². The molecule has 1 unspecified atom stereocenters. The first-order valence-corrected chi connectivity index (χ1v) is 7.30. The van der Waals surface area contributed by atoms with Crippen LogP contribution in [0.2, 0.25) is 5.02 Å².